The number of nitrogens with one attached hydrogen (secondary N) is 1. The summed E-state index contributed by atoms with van der Waals surface area (Å²) in [5.41, 5.74) is 3.24. The Morgan fingerprint density at radius 2 is 1.85 bits per heavy atom. The fourth-order valence-electron chi connectivity index (χ4n) is 2.69. The van der Waals surface area contributed by atoms with Crippen molar-refractivity contribution in [2.75, 3.05) is 0 Å². The molecule has 0 aliphatic rings. The van der Waals surface area contributed by atoms with Crippen LogP contribution in [-0.2, 0) is 11.2 Å². The van der Waals surface area contributed by atoms with Crippen molar-refractivity contribution in [2.24, 2.45) is 0 Å². The fraction of sp³-hybridized carbons (Fsp3) is 0.200. The lowest BCUT2D eigenvalue weighted by molar-refractivity contribution is -0.119. The van der Waals surface area contributed by atoms with E-state index < -0.39 is 0 Å². The summed E-state index contributed by atoms with van der Waals surface area (Å²) in [5, 5.41) is 2.89. The van der Waals surface area contributed by atoms with Crippen molar-refractivity contribution >= 4 is 5.91 Å². The molecule has 0 aliphatic carbocycles. The second kappa shape index (κ2) is 8.20. The molecule has 26 heavy (non-hydrogen) atoms. The van der Waals surface area contributed by atoms with Crippen LogP contribution < -0.4 is 10.1 Å². The highest BCUT2D eigenvalue weighted by Gasteiger charge is 2.06. The van der Waals surface area contributed by atoms with Gasteiger partial charge in [-0.15, -0.1) is 0 Å². The summed E-state index contributed by atoms with van der Waals surface area (Å²) >= 11 is 0. The van der Waals surface area contributed by atoms with Crippen molar-refractivity contribution < 1.29 is 9.53 Å². The van der Waals surface area contributed by atoms with Gasteiger partial charge in [-0.05, 0) is 36.1 Å². The average molecular weight is 348 g/mol. The SMILES string of the molecule is CC(=O)NC(C)Cc1ccc(-c2ccnc(Oc3cncnc3)c2)cc1. The van der Waals surface area contributed by atoms with E-state index in [-0.39, 0.29) is 11.9 Å². The Kier molecular flexibility index (Phi) is 5.53. The molecular formula is C20H20N4O2. The summed E-state index contributed by atoms with van der Waals surface area (Å²) in [6.45, 7) is 3.53. The summed E-state index contributed by atoms with van der Waals surface area (Å²) in [4.78, 5) is 23.2. The van der Waals surface area contributed by atoms with Crippen LogP contribution >= 0.6 is 0 Å². The lowest BCUT2D eigenvalue weighted by Gasteiger charge is -2.13. The first kappa shape index (κ1) is 17.5. The zero-order valence-corrected chi connectivity index (χ0v) is 14.7. The molecule has 3 aromatic rings. The van der Waals surface area contributed by atoms with Crippen LogP contribution in [0, 0.1) is 0 Å². The van der Waals surface area contributed by atoms with Gasteiger partial charge in [0.05, 0.1) is 12.4 Å². The minimum Gasteiger partial charge on any atom is -0.436 e. The molecule has 1 atom stereocenters. The number of hydrogen-bond acceptors (Lipinski definition) is 5. The van der Waals surface area contributed by atoms with Crippen LogP contribution in [0.2, 0.25) is 0 Å². The Morgan fingerprint density at radius 1 is 1.12 bits per heavy atom. The third-order valence-electron chi connectivity index (χ3n) is 3.77. The average Bonchev–Trinajstić information content (AvgIpc) is 2.63. The Balaban J connectivity index is 1.71. The van der Waals surface area contributed by atoms with E-state index in [4.69, 9.17) is 4.74 Å². The first-order valence-corrected chi connectivity index (χ1v) is 8.35. The van der Waals surface area contributed by atoms with Crippen LogP contribution in [0.1, 0.15) is 19.4 Å². The van der Waals surface area contributed by atoms with Gasteiger partial charge in [-0.25, -0.2) is 15.0 Å². The summed E-state index contributed by atoms with van der Waals surface area (Å²) in [6, 6.07) is 12.2. The van der Waals surface area contributed by atoms with E-state index in [1.165, 1.54) is 18.8 Å². The Morgan fingerprint density at radius 3 is 2.54 bits per heavy atom. The molecule has 0 fully saturated rings. The number of ether oxygens (including phenoxy) is 1. The number of hydrogen-bond donors (Lipinski definition) is 1. The molecule has 1 amide bonds. The maximum Gasteiger partial charge on any atom is 0.219 e. The second-order valence-corrected chi connectivity index (χ2v) is 6.06. The quantitative estimate of drug-likeness (QED) is 0.739. The Hall–Kier alpha value is -3.28. The molecule has 0 saturated carbocycles. The lowest BCUT2D eigenvalue weighted by atomic mass is 10.0. The smallest absolute Gasteiger partial charge is 0.219 e. The highest BCUT2D eigenvalue weighted by Crippen LogP contribution is 2.25. The minimum atomic E-state index is -0.0118. The first-order chi connectivity index (χ1) is 12.6. The lowest BCUT2D eigenvalue weighted by Crippen LogP contribution is -2.31. The maximum atomic E-state index is 11.1. The zero-order valence-electron chi connectivity index (χ0n) is 14.7. The van der Waals surface area contributed by atoms with E-state index >= 15 is 0 Å². The van der Waals surface area contributed by atoms with E-state index in [0.717, 1.165) is 17.5 Å². The van der Waals surface area contributed by atoms with Gasteiger partial charge in [-0.1, -0.05) is 24.3 Å². The van der Waals surface area contributed by atoms with Crippen molar-refractivity contribution in [1.29, 1.82) is 0 Å². The van der Waals surface area contributed by atoms with Crippen molar-refractivity contribution in [3.63, 3.8) is 0 Å². The zero-order chi connectivity index (χ0) is 18.4. The summed E-state index contributed by atoms with van der Waals surface area (Å²) in [5.74, 6) is 1.02. The van der Waals surface area contributed by atoms with E-state index in [9.17, 15) is 4.79 Å². The highest BCUT2D eigenvalue weighted by molar-refractivity contribution is 5.73. The van der Waals surface area contributed by atoms with Gasteiger partial charge >= 0.3 is 0 Å². The monoisotopic (exact) mass is 348 g/mol. The molecule has 0 radical (unpaired) electrons. The topological polar surface area (TPSA) is 77.0 Å². The molecule has 0 saturated heterocycles. The molecule has 3 rings (SSSR count). The predicted molar refractivity (Wildman–Crippen MR) is 98.8 cm³/mol. The molecular weight excluding hydrogens is 328 g/mol. The number of benzene rings is 1. The molecule has 0 bridgehead atoms. The molecule has 6 heteroatoms. The number of pyridine rings is 1. The van der Waals surface area contributed by atoms with Gasteiger partial charge in [-0.3, -0.25) is 4.79 Å². The third-order valence-corrected chi connectivity index (χ3v) is 3.77. The summed E-state index contributed by atoms with van der Waals surface area (Å²) in [6.07, 6.45) is 7.13. The van der Waals surface area contributed by atoms with Gasteiger partial charge in [0.2, 0.25) is 11.8 Å². The van der Waals surface area contributed by atoms with Crippen molar-refractivity contribution in [3.8, 4) is 22.8 Å². The molecule has 0 aliphatic heterocycles. The molecule has 1 aromatic carbocycles. The number of aromatic nitrogens is 3. The number of amides is 1. The van der Waals surface area contributed by atoms with Crippen LogP contribution in [0.4, 0.5) is 0 Å². The van der Waals surface area contributed by atoms with Crippen LogP contribution in [0.5, 0.6) is 11.6 Å². The Labute approximate surface area is 152 Å². The van der Waals surface area contributed by atoms with Crippen molar-refractivity contribution in [2.45, 2.75) is 26.3 Å². The highest BCUT2D eigenvalue weighted by atomic mass is 16.5. The normalized spacial score (nSPS) is 11.6. The number of carbonyl (C=O) groups excluding carboxylic acids is 1. The number of rotatable bonds is 6. The Bertz CT molecular complexity index is 866. The summed E-state index contributed by atoms with van der Waals surface area (Å²) in [7, 11) is 0. The number of carbonyl (C=O) groups is 1. The van der Waals surface area contributed by atoms with E-state index in [1.54, 1.807) is 18.6 Å². The fourth-order valence-corrected chi connectivity index (χ4v) is 2.69. The van der Waals surface area contributed by atoms with Gasteiger partial charge < -0.3 is 10.1 Å². The van der Waals surface area contributed by atoms with Crippen molar-refractivity contribution in [3.05, 3.63) is 66.9 Å². The molecule has 2 aromatic heterocycles. The van der Waals surface area contributed by atoms with E-state index in [0.29, 0.717) is 11.6 Å². The molecule has 0 spiro atoms. The van der Waals surface area contributed by atoms with Crippen LogP contribution in [-0.4, -0.2) is 26.9 Å². The van der Waals surface area contributed by atoms with Gasteiger partial charge in [-0.2, -0.15) is 0 Å². The van der Waals surface area contributed by atoms with Gasteiger partial charge in [0.1, 0.15) is 6.33 Å². The molecule has 132 valence electrons. The van der Waals surface area contributed by atoms with Crippen LogP contribution in [0.15, 0.2) is 61.3 Å². The second-order valence-electron chi connectivity index (χ2n) is 6.06. The van der Waals surface area contributed by atoms with Crippen molar-refractivity contribution in [1.82, 2.24) is 20.3 Å². The molecule has 6 nitrogen and oxygen atoms in total. The van der Waals surface area contributed by atoms with E-state index in [1.807, 2.05) is 19.1 Å². The van der Waals surface area contributed by atoms with E-state index in [2.05, 4.69) is 44.5 Å². The third kappa shape index (κ3) is 4.86. The summed E-state index contributed by atoms with van der Waals surface area (Å²) < 4.78 is 5.68. The predicted octanol–water partition coefficient (Wildman–Crippen LogP) is 3.40. The van der Waals surface area contributed by atoms with Crippen LogP contribution in [0.3, 0.4) is 0 Å². The van der Waals surface area contributed by atoms with Crippen LogP contribution in [0.25, 0.3) is 11.1 Å². The van der Waals surface area contributed by atoms with Gasteiger partial charge in [0.15, 0.2) is 5.75 Å². The maximum absolute atomic E-state index is 11.1. The minimum absolute atomic E-state index is 0.0118. The molecule has 1 unspecified atom stereocenters. The standard InChI is InChI=1S/C20H20N4O2/c1-14(24-15(2)25)9-16-3-5-17(6-4-16)18-7-8-23-20(10-18)26-19-11-21-13-22-12-19/h3-8,10-14H,9H2,1-2H3,(H,24,25). The van der Waals surface area contributed by atoms with Gasteiger partial charge in [0, 0.05) is 25.2 Å². The first-order valence-electron chi connectivity index (χ1n) is 8.35. The molecule has 1 N–H and O–H groups in total. The number of nitrogens with zero attached hydrogens (tertiary/aromatic N) is 3. The van der Waals surface area contributed by atoms with Gasteiger partial charge in [0.25, 0.3) is 0 Å². The largest absolute Gasteiger partial charge is 0.436 e. The molecule has 2 heterocycles.